The second-order valence-corrected chi connectivity index (χ2v) is 9.53. The summed E-state index contributed by atoms with van der Waals surface area (Å²) in [6.45, 7) is 5.48. The summed E-state index contributed by atoms with van der Waals surface area (Å²) in [6, 6.07) is 16.6. The van der Waals surface area contributed by atoms with Crippen molar-refractivity contribution in [2.75, 3.05) is 25.7 Å². The van der Waals surface area contributed by atoms with Crippen molar-refractivity contribution in [3.63, 3.8) is 0 Å². The quantitative estimate of drug-likeness (QED) is 0.201. The van der Waals surface area contributed by atoms with Gasteiger partial charge in [-0.05, 0) is 44.5 Å². The highest BCUT2D eigenvalue weighted by Gasteiger charge is 2.10. The molecule has 0 heterocycles. The van der Waals surface area contributed by atoms with Gasteiger partial charge in [0.15, 0.2) is 0 Å². The minimum Gasteiger partial charge on any atom is -0.469 e. The minimum atomic E-state index is -0.611. The first-order valence-corrected chi connectivity index (χ1v) is 12.8. The second kappa shape index (κ2) is 20.1. The van der Waals surface area contributed by atoms with Gasteiger partial charge in [-0.15, -0.1) is 23.5 Å². The fraction of sp³-hybridized carbons (Fsp3) is 0.423. The topological polar surface area (TPSA) is 89.9 Å². The van der Waals surface area contributed by atoms with Gasteiger partial charge in [-0.2, -0.15) is 0 Å². The molecule has 188 valence electrons. The maximum Gasteiger partial charge on any atom is 0.308 e. The van der Waals surface area contributed by atoms with Crippen LogP contribution in [0.1, 0.15) is 37.3 Å². The lowest BCUT2D eigenvalue weighted by Crippen LogP contribution is -2.15. The zero-order valence-electron chi connectivity index (χ0n) is 20.6. The Bertz CT molecular complexity index is 822. The molecule has 1 atom stereocenters. The number of thioether (sulfide) groups is 2. The maximum absolute atomic E-state index is 10.9. The highest BCUT2D eigenvalue weighted by molar-refractivity contribution is 7.99. The number of aliphatic hydroxyl groups excluding tert-OH is 1. The molecule has 2 aromatic carbocycles. The second-order valence-electron chi connectivity index (χ2n) is 7.20. The van der Waals surface area contributed by atoms with Gasteiger partial charge in [0, 0.05) is 34.6 Å². The lowest BCUT2D eigenvalue weighted by atomic mass is 10.2. The Labute approximate surface area is 211 Å². The lowest BCUT2D eigenvalue weighted by Gasteiger charge is -2.08. The van der Waals surface area contributed by atoms with Crippen LogP contribution >= 0.6 is 23.5 Å². The molecule has 0 fully saturated rings. The largest absolute Gasteiger partial charge is 0.469 e. The van der Waals surface area contributed by atoms with Gasteiger partial charge in [0.05, 0.1) is 26.7 Å². The van der Waals surface area contributed by atoms with Crippen LogP contribution in [0.5, 0.6) is 0 Å². The van der Waals surface area contributed by atoms with Gasteiger partial charge in [-0.3, -0.25) is 9.59 Å². The first-order chi connectivity index (χ1) is 16.2. The number of aliphatic hydroxyl groups is 1. The monoisotopic (exact) mass is 508 g/mol. The fourth-order valence-electron chi connectivity index (χ4n) is 2.18. The molecule has 1 N–H and O–H groups in total. The van der Waals surface area contributed by atoms with Crippen LogP contribution in [0.2, 0.25) is 0 Å². The van der Waals surface area contributed by atoms with Crippen LogP contribution in [-0.4, -0.2) is 55.2 Å². The average molecular weight is 509 g/mol. The average Bonchev–Trinajstić information content (AvgIpc) is 2.82. The third kappa shape index (κ3) is 18.2. The van der Waals surface area contributed by atoms with Crippen LogP contribution in [-0.2, 0) is 23.9 Å². The van der Waals surface area contributed by atoms with Crippen LogP contribution in [0, 0.1) is 13.8 Å². The van der Waals surface area contributed by atoms with E-state index in [9.17, 15) is 19.5 Å². The van der Waals surface area contributed by atoms with E-state index in [0.717, 1.165) is 17.8 Å². The smallest absolute Gasteiger partial charge is 0.308 e. The van der Waals surface area contributed by atoms with Crippen LogP contribution in [0.15, 0.2) is 58.3 Å². The molecule has 0 aliphatic carbocycles. The first kappa shape index (κ1) is 31.7. The number of aryl methyl sites for hydroxylation is 2. The molecular formula is C26H36O6S2. The molecule has 0 aliphatic rings. The summed E-state index contributed by atoms with van der Waals surface area (Å²) < 4.78 is 8.60. The Hall–Kier alpha value is -2.29. The number of benzene rings is 2. The van der Waals surface area contributed by atoms with E-state index in [4.69, 9.17) is 0 Å². The van der Waals surface area contributed by atoms with Gasteiger partial charge < -0.3 is 19.4 Å². The number of ether oxygens (including phenoxy) is 2. The summed E-state index contributed by atoms with van der Waals surface area (Å²) in [5, 5.41) is 9.56. The Morgan fingerprint density at radius 1 is 0.882 bits per heavy atom. The number of rotatable bonds is 10. The predicted octanol–water partition coefficient (Wildman–Crippen LogP) is 5.26. The molecule has 8 heteroatoms. The molecule has 0 bridgehead atoms. The predicted molar refractivity (Wildman–Crippen MR) is 139 cm³/mol. The van der Waals surface area contributed by atoms with Gasteiger partial charge >= 0.3 is 11.9 Å². The molecule has 0 saturated carbocycles. The van der Waals surface area contributed by atoms with Crippen LogP contribution in [0.25, 0.3) is 0 Å². The number of aldehydes is 1. The van der Waals surface area contributed by atoms with Crippen LogP contribution in [0.3, 0.4) is 0 Å². The molecule has 0 aromatic heterocycles. The number of esters is 2. The van der Waals surface area contributed by atoms with Crippen molar-refractivity contribution in [2.24, 2.45) is 0 Å². The molecule has 6 nitrogen and oxygen atoms in total. The van der Waals surface area contributed by atoms with Crippen molar-refractivity contribution in [3.05, 3.63) is 59.7 Å². The molecule has 2 rings (SSSR count). The van der Waals surface area contributed by atoms with Gasteiger partial charge in [-0.1, -0.05) is 35.4 Å². The summed E-state index contributed by atoms with van der Waals surface area (Å²) >= 11 is 3.40. The summed E-state index contributed by atoms with van der Waals surface area (Å²) in [5.74, 6) is 1.07. The number of hydrogen-bond acceptors (Lipinski definition) is 8. The lowest BCUT2D eigenvalue weighted by molar-refractivity contribution is -0.143. The van der Waals surface area contributed by atoms with E-state index in [2.05, 4.69) is 71.9 Å². The molecule has 0 amide bonds. The summed E-state index contributed by atoms with van der Waals surface area (Å²) in [5.41, 5.74) is 2.51. The van der Waals surface area contributed by atoms with E-state index in [1.54, 1.807) is 23.5 Å². The van der Waals surface area contributed by atoms with Crippen LogP contribution < -0.4 is 0 Å². The van der Waals surface area contributed by atoms with E-state index in [1.807, 2.05) is 0 Å². The van der Waals surface area contributed by atoms with Crippen molar-refractivity contribution in [1.29, 1.82) is 0 Å². The Kier molecular flexibility index (Phi) is 18.8. The Morgan fingerprint density at radius 2 is 1.32 bits per heavy atom. The SMILES string of the molecule is COC(=O)CC(O)CCSc1ccc(C)cc1.COC(C)=O.Cc1ccc(SCCC=O)cc1. The fourth-order valence-corrected chi connectivity index (χ4v) is 3.92. The highest BCUT2D eigenvalue weighted by atomic mass is 32.2. The zero-order valence-corrected chi connectivity index (χ0v) is 22.2. The number of carbonyl (C=O) groups excluding carboxylic acids is 3. The third-order valence-electron chi connectivity index (χ3n) is 4.18. The van der Waals surface area contributed by atoms with E-state index >= 15 is 0 Å². The van der Waals surface area contributed by atoms with E-state index in [1.165, 1.54) is 42.1 Å². The molecule has 34 heavy (non-hydrogen) atoms. The number of carbonyl (C=O) groups is 3. The molecule has 1 unspecified atom stereocenters. The number of methoxy groups -OCH3 is 2. The van der Waals surface area contributed by atoms with E-state index < -0.39 is 6.10 Å². The maximum atomic E-state index is 10.9. The van der Waals surface area contributed by atoms with Crippen LogP contribution in [0.4, 0.5) is 0 Å². The third-order valence-corrected chi connectivity index (χ3v) is 6.27. The Balaban J connectivity index is 0.000000556. The van der Waals surface area contributed by atoms with Gasteiger partial charge in [0.2, 0.25) is 0 Å². The normalized spacial score (nSPS) is 10.5. The van der Waals surface area contributed by atoms with E-state index in [0.29, 0.717) is 12.8 Å². The standard InChI is InChI=1S/C13H18O3S.C10H12OS.C3H6O2/c1-10-3-5-12(6-4-10)17-8-7-11(14)9-13(15)16-2;1-9-3-5-10(6-4-9)12-8-2-7-11;1-3(4)5-2/h3-6,11,14H,7-9H2,1-2H3;3-7H,2,8H2,1H3;1-2H3. The molecule has 0 saturated heterocycles. The molecule has 0 radical (unpaired) electrons. The van der Waals surface area contributed by atoms with Crippen molar-refractivity contribution < 1.29 is 29.0 Å². The summed E-state index contributed by atoms with van der Waals surface area (Å²) in [7, 11) is 2.68. The minimum absolute atomic E-state index is 0.0744. The van der Waals surface area contributed by atoms with E-state index in [-0.39, 0.29) is 18.4 Å². The molecule has 0 spiro atoms. The molecule has 2 aromatic rings. The van der Waals surface area contributed by atoms with Crippen molar-refractivity contribution in [3.8, 4) is 0 Å². The first-order valence-electron chi connectivity index (χ1n) is 10.8. The van der Waals surface area contributed by atoms with Gasteiger partial charge in [0.25, 0.3) is 0 Å². The molecule has 0 aliphatic heterocycles. The summed E-state index contributed by atoms with van der Waals surface area (Å²) in [6.07, 6.45) is 1.65. The molecular weight excluding hydrogens is 472 g/mol. The highest BCUT2D eigenvalue weighted by Crippen LogP contribution is 2.20. The summed E-state index contributed by atoms with van der Waals surface area (Å²) in [4.78, 5) is 32.9. The van der Waals surface area contributed by atoms with Gasteiger partial charge in [0.1, 0.15) is 6.29 Å². The zero-order chi connectivity index (χ0) is 25.8. The van der Waals surface area contributed by atoms with Crippen molar-refractivity contribution in [2.45, 2.75) is 55.9 Å². The van der Waals surface area contributed by atoms with Gasteiger partial charge in [-0.25, -0.2) is 0 Å². The number of hydrogen-bond donors (Lipinski definition) is 1. The van der Waals surface area contributed by atoms with Crippen molar-refractivity contribution >= 4 is 41.7 Å². The van der Waals surface area contributed by atoms with Crippen molar-refractivity contribution in [1.82, 2.24) is 0 Å². The Morgan fingerprint density at radius 3 is 1.71 bits per heavy atom.